The van der Waals surface area contributed by atoms with Crippen molar-refractivity contribution in [2.24, 2.45) is 5.92 Å². The molecule has 0 saturated heterocycles. The molecule has 1 heteroatoms. The molecule has 8 rings (SSSR count). The number of benzene rings is 2. The first-order chi connectivity index (χ1) is 18.2. The summed E-state index contributed by atoms with van der Waals surface area (Å²) in [6.07, 6.45) is 24.1. The number of aromatic nitrogens is 1. The van der Waals surface area contributed by atoms with Gasteiger partial charge in [0.25, 0.3) is 0 Å². The molecule has 2 aromatic carbocycles. The molecule has 0 radical (unpaired) electrons. The molecule has 5 aliphatic rings. The zero-order chi connectivity index (χ0) is 24.9. The molecule has 3 aromatic rings. The standard InChI is InChI=1S/C36H33N/c1-23-15-17-27-9-4-12-30(23)33-14-5-10-28-21-34(24(2)16-20-31(28)33)26-8-3-7-25(18-19-26)32-13-6-11-29-22-35(27)37-36(29)32/h3-14,18,21-22,24,37H,15-17,19-20H2,1-2H3. The highest BCUT2D eigenvalue weighted by Crippen LogP contribution is 2.40. The van der Waals surface area contributed by atoms with E-state index in [0.717, 1.165) is 25.7 Å². The fourth-order valence-electron chi connectivity index (χ4n) is 6.60. The maximum atomic E-state index is 3.82. The minimum Gasteiger partial charge on any atom is -0.354 e. The molecular weight excluding hydrogens is 446 g/mol. The van der Waals surface area contributed by atoms with E-state index in [9.17, 15) is 0 Å². The molecule has 0 saturated carbocycles. The van der Waals surface area contributed by atoms with Gasteiger partial charge in [0.1, 0.15) is 0 Å². The van der Waals surface area contributed by atoms with E-state index < -0.39 is 0 Å². The van der Waals surface area contributed by atoms with E-state index in [0.29, 0.717) is 5.92 Å². The van der Waals surface area contributed by atoms with E-state index in [4.69, 9.17) is 0 Å². The van der Waals surface area contributed by atoms with Gasteiger partial charge in [-0.2, -0.15) is 0 Å². The molecule has 1 unspecified atom stereocenters. The molecule has 1 aromatic heterocycles. The van der Waals surface area contributed by atoms with Gasteiger partial charge in [0.15, 0.2) is 0 Å². The third-order valence-corrected chi connectivity index (χ3v) is 8.76. The minimum atomic E-state index is 0.528. The van der Waals surface area contributed by atoms with Crippen molar-refractivity contribution in [3.8, 4) is 0 Å². The summed E-state index contributed by atoms with van der Waals surface area (Å²) in [5.74, 6) is 0.528. The van der Waals surface area contributed by atoms with Gasteiger partial charge in [-0.3, -0.25) is 0 Å². The molecule has 10 bridgehead atoms. The molecule has 3 aliphatic carbocycles. The van der Waals surface area contributed by atoms with Gasteiger partial charge in [0, 0.05) is 16.6 Å². The van der Waals surface area contributed by atoms with Crippen LogP contribution in [0.5, 0.6) is 0 Å². The first-order valence-corrected chi connectivity index (χ1v) is 13.8. The predicted octanol–water partition coefficient (Wildman–Crippen LogP) is 9.62. The lowest BCUT2D eigenvalue weighted by atomic mass is 9.87. The number of para-hydroxylation sites is 1. The van der Waals surface area contributed by atoms with Crippen molar-refractivity contribution in [1.82, 2.24) is 4.98 Å². The first kappa shape index (κ1) is 22.4. The highest BCUT2D eigenvalue weighted by Gasteiger charge is 2.22. The second kappa shape index (κ2) is 8.92. The highest BCUT2D eigenvalue weighted by molar-refractivity contribution is 5.96. The van der Waals surface area contributed by atoms with E-state index in [1.165, 1.54) is 78.7 Å². The average Bonchev–Trinajstić information content (AvgIpc) is 3.07. The molecule has 2 aliphatic heterocycles. The van der Waals surface area contributed by atoms with Gasteiger partial charge in [-0.15, -0.1) is 0 Å². The monoisotopic (exact) mass is 479 g/mol. The Morgan fingerprint density at radius 1 is 0.865 bits per heavy atom. The molecule has 182 valence electrons. The van der Waals surface area contributed by atoms with Gasteiger partial charge in [-0.1, -0.05) is 97.5 Å². The smallest absolute Gasteiger partial charge is 0.0538 e. The Kier molecular flexibility index (Phi) is 5.39. The Hall–Kier alpha value is -3.84. The first-order valence-electron chi connectivity index (χ1n) is 13.8. The quantitative estimate of drug-likeness (QED) is 0.330. The topological polar surface area (TPSA) is 15.8 Å². The van der Waals surface area contributed by atoms with Crippen LogP contribution >= 0.6 is 0 Å². The van der Waals surface area contributed by atoms with Gasteiger partial charge in [0.2, 0.25) is 0 Å². The van der Waals surface area contributed by atoms with Crippen LogP contribution in [0.1, 0.15) is 67.5 Å². The maximum absolute atomic E-state index is 3.82. The van der Waals surface area contributed by atoms with Crippen LogP contribution in [0.2, 0.25) is 0 Å². The number of rotatable bonds is 0. The van der Waals surface area contributed by atoms with Gasteiger partial charge >= 0.3 is 0 Å². The maximum Gasteiger partial charge on any atom is 0.0538 e. The second-order valence-corrected chi connectivity index (χ2v) is 11.0. The van der Waals surface area contributed by atoms with Crippen molar-refractivity contribution in [2.45, 2.75) is 46.0 Å². The average molecular weight is 480 g/mol. The van der Waals surface area contributed by atoms with Crippen molar-refractivity contribution in [3.63, 3.8) is 0 Å². The van der Waals surface area contributed by atoms with Gasteiger partial charge in [-0.05, 0) is 95.6 Å². The number of hydrogen-bond donors (Lipinski definition) is 1. The highest BCUT2D eigenvalue weighted by atomic mass is 14.7. The fourth-order valence-corrected chi connectivity index (χ4v) is 6.60. The van der Waals surface area contributed by atoms with E-state index in [2.05, 4.69) is 110 Å². The molecule has 1 atom stereocenters. The number of H-pyrrole nitrogens is 1. The Morgan fingerprint density at radius 2 is 1.70 bits per heavy atom. The molecule has 0 amide bonds. The Morgan fingerprint density at radius 3 is 2.65 bits per heavy atom. The summed E-state index contributed by atoms with van der Waals surface area (Å²) in [6, 6.07) is 16.0. The molecule has 1 nitrogen and oxygen atoms in total. The van der Waals surface area contributed by atoms with Crippen molar-refractivity contribution >= 4 is 33.7 Å². The van der Waals surface area contributed by atoms with Crippen LogP contribution in [-0.2, 0) is 6.42 Å². The summed E-state index contributed by atoms with van der Waals surface area (Å²) >= 11 is 0. The zero-order valence-electron chi connectivity index (χ0n) is 21.8. The number of hydrogen-bond acceptors (Lipinski definition) is 0. The van der Waals surface area contributed by atoms with Crippen LogP contribution in [-0.4, -0.2) is 4.98 Å². The summed E-state index contributed by atoms with van der Waals surface area (Å²) in [7, 11) is 0. The lowest BCUT2D eigenvalue weighted by Crippen LogP contribution is -2.03. The lowest BCUT2D eigenvalue weighted by molar-refractivity contribution is 0.624. The van der Waals surface area contributed by atoms with E-state index in [1.54, 1.807) is 0 Å². The van der Waals surface area contributed by atoms with Crippen LogP contribution in [0.25, 0.3) is 33.7 Å². The summed E-state index contributed by atoms with van der Waals surface area (Å²) in [5, 5.41) is 1.28. The van der Waals surface area contributed by atoms with E-state index >= 15 is 0 Å². The van der Waals surface area contributed by atoms with Gasteiger partial charge in [-0.25, -0.2) is 0 Å². The van der Waals surface area contributed by atoms with Gasteiger partial charge < -0.3 is 4.98 Å². The second-order valence-electron chi connectivity index (χ2n) is 11.0. The molecule has 0 spiro atoms. The number of fused-ring (bicyclic) bond motifs is 3. The largest absolute Gasteiger partial charge is 0.354 e. The lowest BCUT2D eigenvalue weighted by Gasteiger charge is -2.18. The SMILES string of the molecule is CC1=C2C=CC=C(CC1)c1cc3cccc(c3[nH]1)C1=CCC(=CC=C1)C1=Cc3cccc2c3CCC1C. The third kappa shape index (κ3) is 3.85. The molecule has 1 N–H and O–H groups in total. The van der Waals surface area contributed by atoms with Crippen LogP contribution in [0.3, 0.4) is 0 Å². The Balaban J connectivity index is 1.50. The van der Waals surface area contributed by atoms with E-state index in [1.807, 2.05) is 0 Å². The summed E-state index contributed by atoms with van der Waals surface area (Å²) in [6.45, 7) is 4.74. The molecule has 0 fully saturated rings. The van der Waals surface area contributed by atoms with Crippen molar-refractivity contribution < 1.29 is 0 Å². The van der Waals surface area contributed by atoms with Crippen molar-refractivity contribution in [3.05, 3.63) is 130 Å². The minimum absolute atomic E-state index is 0.528. The van der Waals surface area contributed by atoms with E-state index in [-0.39, 0.29) is 0 Å². The van der Waals surface area contributed by atoms with Crippen LogP contribution < -0.4 is 0 Å². The zero-order valence-corrected chi connectivity index (χ0v) is 21.8. The predicted molar refractivity (Wildman–Crippen MR) is 159 cm³/mol. The van der Waals surface area contributed by atoms with Crippen LogP contribution in [0.15, 0.2) is 102 Å². The van der Waals surface area contributed by atoms with Gasteiger partial charge in [0.05, 0.1) is 5.52 Å². The number of nitrogens with one attached hydrogen (secondary N) is 1. The van der Waals surface area contributed by atoms with Crippen LogP contribution in [0.4, 0.5) is 0 Å². The summed E-state index contributed by atoms with van der Waals surface area (Å²) < 4.78 is 0. The van der Waals surface area contributed by atoms with Crippen LogP contribution in [0, 0.1) is 5.92 Å². The third-order valence-electron chi connectivity index (χ3n) is 8.76. The number of aromatic amines is 1. The normalized spacial score (nSPS) is 20.8. The fraction of sp³-hybridized carbons (Fsp3) is 0.222. The Labute approximate surface area is 220 Å². The molecular formula is C36H33N. The molecule has 37 heavy (non-hydrogen) atoms. The van der Waals surface area contributed by atoms with Crippen molar-refractivity contribution in [1.29, 1.82) is 0 Å². The summed E-state index contributed by atoms with van der Waals surface area (Å²) in [4.78, 5) is 3.82. The Bertz CT molecular complexity index is 1650. The van der Waals surface area contributed by atoms with Crippen molar-refractivity contribution in [2.75, 3.05) is 0 Å². The molecule has 3 heterocycles. The number of allylic oxidation sites excluding steroid dienone is 13. The summed E-state index contributed by atoms with van der Waals surface area (Å²) in [5.41, 5.74) is 16.6.